The summed E-state index contributed by atoms with van der Waals surface area (Å²) in [6.45, 7) is 0.642. The number of carboxylic acids is 1. The molecule has 0 saturated heterocycles. The van der Waals surface area contributed by atoms with Gasteiger partial charge in [-0.1, -0.05) is 23.7 Å². The summed E-state index contributed by atoms with van der Waals surface area (Å²) in [5.41, 5.74) is 5.58. The normalized spacial score (nSPS) is 16.1. The van der Waals surface area contributed by atoms with Gasteiger partial charge >= 0.3 is 5.97 Å². The van der Waals surface area contributed by atoms with E-state index in [1.54, 1.807) is 29.1 Å². The quantitative estimate of drug-likeness (QED) is 0.211. The van der Waals surface area contributed by atoms with Gasteiger partial charge in [-0.25, -0.2) is 19.2 Å². The molecule has 0 spiro atoms. The number of aryl methyl sites for hydroxylation is 5. The van der Waals surface area contributed by atoms with E-state index >= 15 is 0 Å². The summed E-state index contributed by atoms with van der Waals surface area (Å²) in [5.74, 6) is -0.0663. The van der Waals surface area contributed by atoms with E-state index in [2.05, 4.69) is 15.1 Å². The first-order valence-corrected chi connectivity index (χ1v) is 17.7. The fraction of sp³-hybridized carbons (Fsp3) is 0.278. The summed E-state index contributed by atoms with van der Waals surface area (Å²) in [6, 6.07) is 14.3. The number of halogens is 2. The predicted molar refractivity (Wildman–Crippen MR) is 185 cm³/mol. The molecule has 48 heavy (non-hydrogen) atoms. The molecule has 0 amide bonds. The van der Waals surface area contributed by atoms with Crippen molar-refractivity contribution < 1.29 is 23.2 Å². The van der Waals surface area contributed by atoms with E-state index in [0.29, 0.717) is 89.7 Å². The first-order chi connectivity index (χ1) is 23.3. The molecule has 246 valence electrons. The van der Waals surface area contributed by atoms with Gasteiger partial charge in [-0.15, -0.1) is 0 Å². The number of hydrogen-bond acceptors (Lipinski definition) is 6. The SMILES string of the molecule is Cn1nc2cc1CCc1cc(c3ccc(F)cc3c1)OCCCc1c(C(=O)O)n(c3c(-c4cncnc4)c(Cl)ccc13)CCCS(=O)C2. The molecule has 1 unspecified atom stereocenters. The minimum atomic E-state index is -1.22. The highest BCUT2D eigenvalue weighted by atomic mass is 35.5. The van der Waals surface area contributed by atoms with Crippen LogP contribution in [0, 0.1) is 5.82 Å². The zero-order valence-electron chi connectivity index (χ0n) is 26.3. The highest BCUT2D eigenvalue weighted by molar-refractivity contribution is 7.84. The lowest BCUT2D eigenvalue weighted by Crippen LogP contribution is -2.13. The maximum atomic E-state index is 14.3. The van der Waals surface area contributed by atoms with Gasteiger partial charge in [0, 0.05) is 70.1 Å². The number of aromatic nitrogens is 5. The third-order valence-electron chi connectivity index (χ3n) is 8.85. The molecule has 3 aromatic carbocycles. The van der Waals surface area contributed by atoms with Crippen molar-refractivity contribution >= 4 is 50.0 Å². The van der Waals surface area contributed by atoms with Gasteiger partial charge in [-0.3, -0.25) is 8.89 Å². The van der Waals surface area contributed by atoms with Crippen LogP contribution in [0.5, 0.6) is 5.75 Å². The highest BCUT2D eigenvalue weighted by Crippen LogP contribution is 2.40. The molecule has 4 heterocycles. The van der Waals surface area contributed by atoms with Gasteiger partial charge in [0.2, 0.25) is 0 Å². The molecule has 1 N–H and O–H groups in total. The van der Waals surface area contributed by atoms with Crippen LogP contribution in [-0.4, -0.2) is 52.0 Å². The summed E-state index contributed by atoms with van der Waals surface area (Å²) in [7, 11) is 0.660. The van der Waals surface area contributed by atoms with Crippen LogP contribution < -0.4 is 4.74 Å². The smallest absolute Gasteiger partial charge is 0.352 e. The van der Waals surface area contributed by atoms with E-state index in [1.165, 1.54) is 18.5 Å². The van der Waals surface area contributed by atoms with Crippen molar-refractivity contribution in [2.24, 2.45) is 7.05 Å². The van der Waals surface area contributed by atoms with E-state index < -0.39 is 16.8 Å². The summed E-state index contributed by atoms with van der Waals surface area (Å²) < 4.78 is 37.5. The van der Waals surface area contributed by atoms with Gasteiger partial charge in [0.1, 0.15) is 23.6 Å². The van der Waals surface area contributed by atoms with Gasteiger partial charge in [0.15, 0.2) is 0 Å². The van der Waals surface area contributed by atoms with Crippen LogP contribution in [0.25, 0.3) is 32.8 Å². The number of carboxylic acid groups (broad SMARTS) is 1. The van der Waals surface area contributed by atoms with Gasteiger partial charge in [-0.05, 0) is 85.0 Å². The third-order valence-corrected chi connectivity index (χ3v) is 10.5. The Bertz CT molecular complexity index is 2200. The summed E-state index contributed by atoms with van der Waals surface area (Å²) in [4.78, 5) is 21.3. The van der Waals surface area contributed by atoms with E-state index in [0.717, 1.165) is 33.1 Å². The predicted octanol–water partition coefficient (Wildman–Crippen LogP) is 6.92. The average Bonchev–Trinajstić information content (AvgIpc) is 3.57. The molecule has 12 heteroatoms. The Labute approximate surface area is 283 Å². The molecular formula is C36H33ClFN5O4S. The van der Waals surface area contributed by atoms with Crippen molar-refractivity contribution in [3.05, 3.63) is 106 Å². The molecule has 0 radical (unpaired) electrons. The van der Waals surface area contributed by atoms with Crippen molar-refractivity contribution in [3.63, 3.8) is 0 Å². The number of hydrogen-bond donors (Lipinski definition) is 1. The molecular weight excluding hydrogens is 653 g/mol. The topological polar surface area (TPSA) is 112 Å². The summed E-state index contributed by atoms with van der Waals surface area (Å²) in [5, 5.41) is 18.0. The molecule has 6 aromatic rings. The number of carbonyl (C=O) groups is 1. The molecule has 1 aliphatic rings. The maximum Gasteiger partial charge on any atom is 0.352 e. The number of benzene rings is 3. The second-order valence-corrected chi connectivity index (χ2v) is 14.0. The lowest BCUT2D eigenvalue weighted by molar-refractivity contribution is 0.0684. The first kappa shape index (κ1) is 32.0. The van der Waals surface area contributed by atoms with Gasteiger partial charge in [0.25, 0.3) is 0 Å². The lowest BCUT2D eigenvalue weighted by Gasteiger charge is -2.13. The van der Waals surface area contributed by atoms with Crippen molar-refractivity contribution in [2.45, 2.75) is 44.4 Å². The third kappa shape index (κ3) is 6.32. The standard InChI is InChI=1S/C36H33ClFN5O4S/c1-42-27-7-5-22-14-23-16-25(38)6-8-28(23)32(15-22)47-12-2-4-29-30-9-10-31(37)33(24-18-39-21-40-19-24)34(30)43(35(29)36(44)45)11-3-13-48(46)20-26(17-27)41-42/h6,8-10,14-19,21H,2-5,7,11-13,20H2,1H3,(H,44,45). The second kappa shape index (κ2) is 13.5. The second-order valence-electron chi connectivity index (χ2n) is 12.0. The molecule has 0 saturated carbocycles. The number of aromatic carboxylic acids is 1. The molecule has 1 aliphatic heterocycles. The van der Waals surface area contributed by atoms with Gasteiger partial charge in [0.05, 0.1) is 28.6 Å². The molecule has 7 rings (SSSR count). The largest absolute Gasteiger partial charge is 0.493 e. The zero-order chi connectivity index (χ0) is 33.4. The van der Waals surface area contributed by atoms with Crippen molar-refractivity contribution in [1.29, 1.82) is 0 Å². The van der Waals surface area contributed by atoms with E-state index in [4.69, 9.17) is 16.3 Å². The monoisotopic (exact) mass is 685 g/mol. The minimum absolute atomic E-state index is 0.169. The highest BCUT2D eigenvalue weighted by Gasteiger charge is 2.26. The molecule has 0 fully saturated rings. The van der Waals surface area contributed by atoms with Crippen LogP contribution in [0.3, 0.4) is 0 Å². The summed E-state index contributed by atoms with van der Waals surface area (Å²) >= 11 is 6.79. The van der Waals surface area contributed by atoms with E-state index in [9.17, 15) is 18.5 Å². The van der Waals surface area contributed by atoms with E-state index in [-0.39, 0.29) is 11.5 Å². The molecule has 1 atom stereocenters. The average molecular weight is 686 g/mol. The van der Waals surface area contributed by atoms with Crippen LogP contribution in [-0.2, 0) is 49.4 Å². The minimum Gasteiger partial charge on any atom is -0.493 e. The van der Waals surface area contributed by atoms with Gasteiger partial charge in [-0.2, -0.15) is 5.10 Å². The molecule has 0 aliphatic carbocycles. The van der Waals surface area contributed by atoms with Crippen LogP contribution in [0.15, 0.2) is 67.3 Å². The van der Waals surface area contributed by atoms with Crippen LogP contribution >= 0.6 is 11.6 Å². The Hall–Kier alpha value is -4.61. The van der Waals surface area contributed by atoms with Crippen molar-refractivity contribution in [2.75, 3.05) is 12.4 Å². The fourth-order valence-corrected chi connectivity index (χ4v) is 8.07. The van der Waals surface area contributed by atoms with Crippen LogP contribution in [0.2, 0.25) is 5.02 Å². The Kier molecular flexibility index (Phi) is 8.98. The van der Waals surface area contributed by atoms with E-state index in [1.807, 2.05) is 36.0 Å². The van der Waals surface area contributed by atoms with Crippen molar-refractivity contribution in [3.8, 4) is 16.9 Å². The Balaban J connectivity index is 1.33. The fourth-order valence-electron chi connectivity index (χ4n) is 6.75. The number of ether oxygens (including phenoxy) is 1. The number of rotatable bonds is 2. The number of fused-ring (bicyclic) bond motifs is 11. The Morgan fingerprint density at radius 2 is 1.83 bits per heavy atom. The summed E-state index contributed by atoms with van der Waals surface area (Å²) in [6.07, 6.45) is 7.57. The molecule has 3 aromatic heterocycles. The Morgan fingerprint density at radius 1 is 1.02 bits per heavy atom. The molecule has 6 bridgehead atoms. The van der Waals surface area contributed by atoms with Crippen LogP contribution in [0.1, 0.15) is 45.8 Å². The maximum absolute atomic E-state index is 14.3. The molecule has 9 nitrogen and oxygen atoms in total. The first-order valence-electron chi connectivity index (χ1n) is 15.8. The number of nitrogens with zero attached hydrogens (tertiary/aromatic N) is 5. The van der Waals surface area contributed by atoms with Crippen molar-refractivity contribution in [1.82, 2.24) is 24.3 Å². The Morgan fingerprint density at radius 3 is 2.65 bits per heavy atom. The van der Waals surface area contributed by atoms with Gasteiger partial charge < -0.3 is 14.4 Å². The zero-order valence-corrected chi connectivity index (χ0v) is 27.9. The van der Waals surface area contributed by atoms with Crippen LogP contribution in [0.4, 0.5) is 4.39 Å². The lowest BCUT2D eigenvalue weighted by atomic mass is 10.0.